The number of hydrogen-bond acceptors (Lipinski definition) is 0. The molecule has 1 aliphatic rings. The summed E-state index contributed by atoms with van der Waals surface area (Å²) in [5.41, 5.74) is 1.53. The van der Waals surface area contributed by atoms with Crippen molar-refractivity contribution < 1.29 is 0 Å². The number of benzene rings is 1. The molecule has 1 saturated carbocycles. The van der Waals surface area contributed by atoms with Crippen LogP contribution in [0.25, 0.3) is 0 Å². The number of hydrogen-bond donors (Lipinski definition) is 0. The molecule has 0 nitrogen and oxygen atoms in total. The van der Waals surface area contributed by atoms with Crippen LogP contribution in [0.15, 0.2) is 30.3 Å². The fraction of sp³-hybridized carbons (Fsp3) is 0.647. The molecule has 0 amide bonds. The predicted octanol–water partition coefficient (Wildman–Crippen LogP) is 5.23. The lowest BCUT2D eigenvalue weighted by molar-refractivity contribution is 0.443. The maximum Gasteiger partial charge on any atom is -0.0250 e. The molecule has 2 atom stereocenters. The van der Waals surface area contributed by atoms with Gasteiger partial charge < -0.3 is 0 Å². The Bertz CT molecular complexity index is 301. The minimum Gasteiger partial charge on any atom is -0.0654 e. The summed E-state index contributed by atoms with van der Waals surface area (Å²) < 4.78 is 0. The zero-order valence-corrected chi connectivity index (χ0v) is 11.2. The lowest BCUT2D eigenvalue weighted by Crippen LogP contribution is -2.00. The lowest BCUT2D eigenvalue weighted by Gasteiger charge is -2.11. The molecule has 0 aromatic heterocycles. The van der Waals surface area contributed by atoms with Crippen molar-refractivity contribution in [3.05, 3.63) is 35.9 Å². The molecule has 94 valence electrons. The molecular weight excluding hydrogens is 204 g/mol. The largest absolute Gasteiger partial charge is 0.0654 e. The van der Waals surface area contributed by atoms with Crippen LogP contribution in [-0.4, -0.2) is 0 Å². The van der Waals surface area contributed by atoms with E-state index < -0.39 is 0 Å². The second-order valence-corrected chi connectivity index (χ2v) is 5.73. The van der Waals surface area contributed by atoms with E-state index in [-0.39, 0.29) is 0 Å². The predicted molar refractivity (Wildman–Crippen MR) is 75.1 cm³/mol. The van der Waals surface area contributed by atoms with E-state index in [0.717, 1.165) is 11.8 Å². The Morgan fingerprint density at radius 2 is 1.76 bits per heavy atom. The summed E-state index contributed by atoms with van der Waals surface area (Å²) in [6.45, 7) is 2.30. The van der Waals surface area contributed by atoms with Crippen molar-refractivity contribution in [2.75, 3.05) is 0 Å². The lowest BCUT2D eigenvalue weighted by atomic mass is 9.95. The Labute approximate surface area is 106 Å². The van der Waals surface area contributed by atoms with Gasteiger partial charge in [0.25, 0.3) is 0 Å². The molecule has 1 fully saturated rings. The molecule has 1 aliphatic carbocycles. The van der Waals surface area contributed by atoms with Gasteiger partial charge in [0, 0.05) is 0 Å². The Kier molecular flexibility index (Phi) is 5.09. The molecule has 0 aliphatic heterocycles. The minimum absolute atomic E-state index is 0.962. The summed E-state index contributed by atoms with van der Waals surface area (Å²) in [6.07, 6.45) is 11.5. The monoisotopic (exact) mass is 230 g/mol. The molecule has 0 radical (unpaired) electrons. The van der Waals surface area contributed by atoms with E-state index in [9.17, 15) is 0 Å². The second-order valence-electron chi connectivity index (χ2n) is 5.73. The van der Waals surface area contributed by atoms with Gasteiger partial charge in [0.2, 0.25) is 0 Å². The fourth-order valence-electron chi connectivity index (χ4n) is 3.26. The van der Waals surface area contributed by atoms with E-state index in [2.05, 4.69) is 37.3 Å². The molecule has 17 heavy (non-hydrogen) atoms. The molecule has 0 heterocycles. The highest BCUT2D eigenvalue weighted by atomic mass is 14.3. The smallest absolute Gasteiger partial charge is 0.0250 e. The van der Waals surface area contributed by atoms with E-state index in [1.807, 2.05) is 0 Å². The van der Waals surface area contributed by atoms with Crippen LogP contribution in [0.4, 0.5) is 0 Å². The highest BCUT2D eigenvalue weighted by Crippen LogP contribution is 2.36. The van der Waals surface area contributed by atoms with Crippen molar-refractivity contribution in [3.8, 4) is 0 Å². The first kappa shape index (κ1) is 12.7. The van der Waals surface area contributed by atoms with E-state index in [1.54, 1.807) is 0 Å². The van der Waals surface area contributed by atoms with Gasteiger partial charge in [0.05, 0.1) is 0 Å². The number of unbranched alkanes of at least 4 members (excludes halogenated alkanes) is 2. The van der Waals surface area contributed by atoms with Gasteiger partial charge in [0.1, 0.15) is 0 Å². The van der Waals surface area contributed by atoms with Gasteiger partial charge in [0.15, 0.2) is 0 Å². The van der Waals surface area contributed by atoms with Crippen molar-refractivity contribution in [2.45, 2.75) is 58.3 Å². The molecule has 2 rings (SSSR count). The zero-order chi connectivity index (χ0) is 11.9. The molecule has 0 heteroatoms. The minimum atomic E-state index is 0.962. The molecule has 0 spiro atoms. The first-order valence-electron chi connectivity index (χ1n) is 7.42. The first-order chi connectivity index (χ1) is 8.38. The zero-order valence-electron chi connectivity index (χ0n) is 11.2. The van der Waals surface area contributed by atoms with Crippen molar-refractivity contribution in [3.63, 3.8) is 0 Å². The molecule has 0 N–H and O–H groups in total. The van der Waals surface area contributed by atoms with Crippen LogP contribution in [0.2, 0.25) is 0 Å². The van der Waals surface area contributed by atoms with Crippen molar-refractivity contribution in [1.82, 2.24) is 0 Å². The quantitative estimate of drug-likeness (QED) is 0.587. The molecule has 1 aromatic rings. The molecular formula is C17H26. The summed E-state index contributed by atoms with van der Waals surface area (Å²) in [4.78, 5) is 0. The second kappa shape index (κ2) is 6.83. The summed E-state index contributed by atoms with van der Waals surface area (Å²) in [7, 11) is 0. The van der Waals surface area contributed by atoms with E-state index in [4.69, 9.17) is 0 Å². The summed E-state index contributed by atoms with van der Waals surface area (Å²) in [5, 5.41) is 0. The maximum absolute atomic E-state index is 2.30. The van der Waals surface area contributed by atoms with Crippen molar-refractivity contribution in [2.24, 2.45) is 11.8 Å². The molecule has 2 unspecified atom stereocenters. The van der Waals surface area contributed by atoms with Crippen LogP contribution in [0, 0.1) is 11.8 Å². The standard InChI is InChI=1S/C17H26/c1-2-3-5-8-16-11-12-17(14-16)13-15-9-6-4-7-10-15/h4,6-7,9-10,16-17H,2-3,5,8,11-14H2,1H3. The maximum atomic E-state index is 2.30. The van der Waals surface area contributed by atoms with Crippen LogP contribution in [0.3, 0.4) is 0 Å². The van der Waals surface area contributed by atoms with Gasteiger partial charge in [-0.1, -0.05) is 69.4 Å². The average Bonchev–Trinajstić information content (AvgIpc) is 2.79. The SMILES string of the molecule is CCCCCC1CCC(Cc2ccccc2)C1. The summed E-state index contributed by atoms with van der Waals surface area (Å²) in [6, 6.07) is 11.0. The Balaban J connectivity index is 1.71. The number of rotatable bonds is 6. The third-order valence-electron chi connectivity index (χ3n) is 4.23. The molecule has 0 saturated heterocycles. The van der Waals surface area contributed by atoms with E-state index in [1.165, 1.54) is 56.9 Å². The van der Waals surface area contributed by atoms with Gasteiger partial charge in [-0.15, -0.1) is 0 Å². The van der Waals surface area contributed by atoms with Crippen LogP contribution in [0.5, 0.6) is 0 Å². The highest BCUT2D eigenvalue weighted by Gasteiger charge is 2.23. The first-order valence-corrected chi connectivity index (χ1v) is 7.42. The van der Waals surface area contributed by atoms with Crippen LogP contribution in [0.1, 0.15) is 57.4 Å². The Hall–Kier alpha value is -0.780. The van der Waals surface area contributed by atoms with Gasteiger partial charge in [-0.05, 0) is 36.7 Å². The summed E-state index contributed by atoms with van der Waals surface area (Å²) in [5.74, 6) is 2.00. The highest BCUT2D eigenvalue weighted by molar-refractivity contribution is 5.15. The third kappa shape index (κ3) is 4.18. The van der Waals surface area contributed by atoms with Crippen LogP contribution >= 0.6 is 0 Å². The Morgan fingerprint density at radius 1 is 1.00 bits per heavy atom. The Morgan fingerprint density at radius 3 is 2.53 bits per heavy atom. The molecule has 1 aromatic carbocycles. The third-order valence-corrected chi connectivity index (χ3v) is 4.23. The normalized spacial score (nSPS) is 24.1. The average molecular weight is 230 g/mol. The molecule has 0 bridgehead atoms. The van der Waals surface area contributed by atoms with Gasteiger partial charge in [-0.2, -0.15) is 0 Å². The van der Waals surface area contributed by atoms with E-state index in [0.29, 0.717) is 0 Å². The van der Waals surface area contributed by atoms with E-state index >= 15 is 0 Å². The fourth-order valence-corrected chi connectivity index (χ4v) is 3.26. The van der Waals surface area contributed by atoms with Crippen LogP contribution < -0.4 is 0 Å². The van der Waals surface area contributed by atoms with Gasteiger partial charge >= 0.3 is 0 Å². The summed E-state index contributed by atoms with van der Waals surface area (Å²) >= 11 is 0. The van der Waals surface area contributed by atoms with Crippen molar-refractivity contribution >= 4 is 0 Å². The van der Waals surface area contributed by atoms with Crippen LogP contribution in [-0.2, 0) is 6.42 Å². The topological polar surface area (TPSA) is 0 Å². The van der Waals surface area contributed by atoms with Gasteiger partial charge in [-0.3, -0.25) is 0 Å². The van der Waals surface area contributed by atoms with Crippen molar-refractivity contribution in [1.29, 1.82) is 0 Å². The van der Waals surface area contributed by atoms with Gasteiger partial charge in [-0.25, -0.2) is 0 Å².